The van der Waals surface area contributed by atoms with Gasteiger partial charge in [-0.05, 0) is 43.7 Å². The van der Waals surface area contributed by atoms with Crippen LogP contribution in [0.1, 0.15) is 32.1 Å². The van der Waals surface area contributed by atoms with Crippen molar-refractivity contribution < 1.29 is 13.6 Å². The number of aromatic nitrogens is 4. The third-order valence-corrected chi connectivity index (χ3v) is 4.32. The van der Waals surface area contributed by atoms with Gasteiger partial charge in [-0.15, -0.1) is 10.2 Å². The first-order valence-corrected chi connectivity index (χ1v) is 8.89. The molecule has 4 rings (SSSR count). The van der Waals surface area contributed by atoms with E-state index in [1.807, 2.05) is 47.1 Å². The molecule has 0 bridgehead atoms. The molecule has 7 heteroatoms. The lowest BCUT2D eigenvalue weighted by molar-refractivity contribution is 0.271. The van der Waals surface area contributed by atoms with Gasteiger partial charge in [-0.2, -0.15) is 5.10 Å². The summed E-state index contributed by atoms with van der Waals surface area (Å²) in [4.78, 5) is 0. The maximum absolute atomic E-state index is 5.81. The molecule has 0 amide bonds. The van der Waals surface area contributed by atoms with Crippen LogP contribution in [-0.4, -0.2) is 20.0 Å². The van der Waals surface area contributed by atoms with Gasteiger partial charge in [-0.1, -0.05) is 25.1 Å². The van der Waals surface area contributed by atoms with Crippen LogP contribution >= 0.6 is 0 Å². The Hall–Kier alpha value is -3.35. The average Bonchev–Trinajstić information content (AvgIpc) is 3.46. The van der Waals surface area contributed by atoms with E-state index >= 15 is 0 Å². The molecule has 27 heavy (non-hydrogen) atoms. The van der Waals surface area contributed by atoms with Gasteiger partial charge in [0, 0.05) is 12.2 Å². The molecule has 4 aromatic rings. The highest BCUT2D eigenvalue weighted by Gasteiger charge is 2.18. The molecule has 3 heterocycles. The van der Waals surface area contributed by atoms with Crippen molar-refractivity contribution in [3.05, 3.63) is 60.5 Å². The van der Waals surface area contributed by atoms with Crippen molar-refractivity contribution in [1.82, 2.24) is 20.0 Å². The van der Waals surface area contributed by atoms with E-state index in [2.05, 4.69) is 29.1 Å². The molecule has 1 unspecified atom stereocenters. The molecule has 3 aromatic heterocycles. The van der Waals surface area contributed by atoms with Crippen molar-refractivity contribution in [3.63, 3.8) is 0 Å². The minimum absolute atomic E-state index is 0.246. The SMILES string of the molecule is CCC(C)n1nccc1-c1nnc(-c2ccc(COc3ccccc3)o2)o1. The Bertz CT molecular complexity index is 1000. The number of furan rings is 1. The molecule has 0 aliphatic heterocycles. The largest absolute Gasteiger partial charge is 0.486 e. The first-order valence-electron chi connectivity index (χ1n) is 8.89. The van der Waals surface area contributed by atoms with Crippen LogP contribution in [-0.2, 0) is 6.61 Å². The first-order chi connectivity index (χ1) is 13.2. The molecule has 0 aliphatic carbocycles. The van der Waals surface area contributed by atoms with E-state index in [1.54, 1.807) is 12.3 Å². The average molecular weight is 364 g/mol. The zero-order valence-electron chi connectivity index (χ0n) is 15.2. The number of benzene rings is 1. The highest BCUT2D eigenvalue weighted by molar-refractivity contribution is 5.51. The minimum atomic E-state index is 0.246. The van der Waals surface area contributed by atoms with Crippen LogP contribution < -0.4 is 4.74 Å². The molecule has 0 aliphatic rings. The van der Waals surface area contributed by atoms with Crippen molar-refractivity contribution in [2.75, 3.05) is 0 Å². The lowest BCUT2D eigenvalue weighted by Gasteiger charge is -2.11. The fourth-order valence-corrected chi connectivity index (χ4v) is 2.68. The Labute approximate surface area is 156 Å². The summed E-state index contributed by atoms with van der Waals surface area (Å²) >= 11 is 0. The normalized spacial score (nSPS) is 12.2. The molecule has 0 fully saturated rings. The van der Waals surface area contributed by atoms with Crippen molar-refractivity contribution >= 4 is 0 Å². The molecular formula is C20H20N4O3. The lowest BCUT2D eigenvalue weighted by Crippen LogP contribution is -2.07. The maximum atomic E-state index is 5.81. The van der Waals surface area contributed by atoms with Gasteiger partial charge in [0.2, 0.25) is 0 Å². The van der Waals surface area contributed by atoms with E-state index in [4.69, 9.17) is 13.6 Å². The quantitative estimate of drug-likeness (QED) is 0.471. The molecule has 138 valence electrons. The number of para-hydroxylation sites is 1. The molecule has 7 nitrogen and oxygen atoms in total. The van der Waals surface area contributed by atoms with Crippen LogP contribution in [0.5, 0.6) is 5.75 Å². The number of hydrogen-bond donors (Lipinski definition) is 0. The smallest absolute Gasteiger partial charge is 0.283 e. The van der Waals surface area contributed by atoms with Gasteiger partial charge in [0.05, 0.1) is 0 Å². The lowest BCUT2D eigenvalue weighted by atomic mass is 10.2. The van der Waals surface area contributed by atoms with Gasteiger partial charge in [0.1, 0.15) is 23.8 Å². The van der Waals surface area contributed by atoms with E-state index in [-0.39, 0.29) is 6.04 Å². The van der Waals surface area contributed by atoms with Crippen LogP contribution in [0.25, 0.3) is 23.2 Å². The summed E-state index contributed by atoms with van der Waals surface area (Å²) in [7, 11) is 0. The summed E-state index contributed by atoms with van der Waals surface area (Å²) in [6.45, 7) is 4.53. The zero-order chi connectivity index (χ0) is 18.6. The fourth-order valence-electron chi connectivity index (χ4n) is 2.68. The second-order valence-corrected chi connectivity index (χ2v) is 6.20. The second kappa shape index (κ2) is 7.49. The van der Waals surface area contributed by atoms with Gasteiger partial charge < -0.3 is 13.6 Å². The number of nitrogens with zero attached hydrogens (tertiary/aromatic N) is 4. The topological polar surface area (TPSA) is 79.1 Å². The maximum Gasteiger partial charge on any atom is 0.283 e. The molecule has 1 aromatic carbocycles. The van der Waals surface area contributed by atoms with E-state index in [9.17, 15) is 0 Å². The summed E-state index contributed by atoms with van der Waals surface area (Å²) in [5.74, 6) is 2.72. The Kier molecular flexibility index (Phi) is 4.74. The van der Waals surface area contributed by atoms with E-state index in [0.717, 1.165) is 17.9 Å². The van der Waals surface area contributed by atoms with Gasteiger partial charge in [-0.3, -0.25) is 4.68 Å². The van der Waals surface area contributed by atoms with E-state index in [1.165, 1.54) is 0 Å². The van der Waals surface area contributed by atoms with Crippen molar-refractivity contribution in [1.29, 1.82) is 0 Å². The monoisotopic (exact) mass is 364 g/mol. The zero-order valence-corrected chi connectivity index (χ0v) is 15.2. The fraction of sp³-hybridized carbons (Fsp3) is 0.250. The summed E-state index contributed by atoms with van der Waals surface area (Å²) in [5.41, 5.74) is 0.794. The van der Waals surface area contributed by atoms with Crippen molar-refractivity contribution in [2.45, 2.75) is 32.9 Å². The summed E-state index contributed by atoms with van der Waals surface area (Å²) < 4.78 is 19.2. The van der Waals surface area contributed by atoms with Crippen LogP contribution in [0.4, 0.5) is 0 Å². The summed E-state index contributed by atoms with van der Waals surface area (Å²) in [6, 6.07) is 15.3. The third kappa shape index (κ3) is 3.62. The molecular weight excluding hydrogens is 344 g/mol. The highest BCUT2D eigenvalue weighted by atomic mass is 16.5. The molecule has 1 atom stereocenters. The molecule has 0 N–H and O–H groups in total. The number of hydrogen-bond acceptors (Lipinski definition) is 6. The van der Waals surface area contributed by atoms with Crippen LogP contribution in [0.2, 0.25) is 0 Å². The van der Waals surface area contributed by atoms with Gasteiger partial charge in [-0.25, -0.2) is 0 Å². The molecule has 0 spiro atoms. The minimum Gasteiger partial charge on any atom is -0.486 e. The predicted molar refractivity (Wildman–Crippen MR) is 99.0 cm³/mol. The van der Waals surface area contributed by atoms with Crippen molar-refractivity contribution in [2.24, 2.45) is 0 Å². The van der Waals surface area contributed by atoms with Crippen LogP contribution in [0, 0.1) is 0 Å². The molecule has 0 saturated heterocycles. The van der Waals surface area contributed by atoms with E-state index in [0.29, 0.717) is 29.9 Å². The van der Waals surface area contributed by atoms with Crippen LogP contribution in [0.3, 0.4) is 0 Å². The van der Waals surface area contributed by atoms with Crippen LogP contribution in [0.15, 0.2) is 63.6 Å². The van der Waals surface area contributed by atoms with Crippen molar-refractivity contribution in [3.8, 4) is 29.0 Å². The Balaban J connectivity index is 1.49. The van der Waals surface area contributed by atoms with Gasteiger partial charge >= 0.3 is 0 Å². The second-order valence-electron chi connectivity index (χ2n) is 6.20. The number of rotatable bonds is 7. The predicted octanol–water partition coefficient (Wildman–Crippen LogP) is 4.74. The first kappa shape index (κ1) is 17.1. The third-order valence-electron chi connectivity index (χ3n) is 4.32. The van der Waals surface area contributed by atoms with Gasteiger partial charge in [0.15, 0.2) is 5.76 Å². The Morgan fingerprint density at radius 2 is 1.81 bits per heavy atom. The Morgan fingerprint density at radius 3 is 2.63 bits per heavy atom. The number of ether oxygens (including phenoxy) is 1. The van der Waals surface area contributed by atoms with Gasteiger partial charge in [0.25, 0.3) is 11.8 Å². The summed E-state index contributed by atoms with van der Waals surface area (Å²) in [5, 5.41) is 12.6. The van der Waals surface area contributed by atoms with E-state index < -0.39 is 0 Å². The molecule has 0 saturated carbocycles. The standard InChI is InChI=1S/C20H20N4O3/c1-3-14(2)24-17(11-12-21-24)19-22-23-20(27-19)18-10-9-16(26-18)13-25-15-7-5-4-6-8-15/h4-12,14H,3,13H2,1-2H3. The summed E-state index contributed by atoms with van der Waals surface area (Å²) in [6.07, 6.45) is 2.69. The highest BCUT2D eigenvalue weighted by Crippen LogP contribution is 2.27. The Morgan fingerprint density at radius 1 is 1.00 bits per heavy atom. The molecule has 0 radical (unpaired) electrons.